The smallest absolute Gasteiger partial charge is 0.201 e. The van der Waals surface area contributed by atoms with Gasteiger partial charge in [-0.3, -0.25) is 4.21 Å². The van der Waals surface area contributed by atoms with Gasteiger partial charge in [0.2, 0.25) is 5.95 Å². The number of anilines is 1. The number of benzene rings is 1. The summed E-state index contributed by atoms with van der Waals surface area (Å²) in [7, 11) is -0.980. The summed E-state index contributed by atoms with van der Waals surface area (Å²) in [6.07, 6.45) is 1.62. The van der Waals surface area contributed by atoms with Crippen LogP contribution in [0.1, 0.15) is 6.92 Å². The SMILES string of the molecule is CC(Cn1c(N)nc2cc(Cl)c(F)cc21)S(C)=O. The first kappa shape index (κ1) is 13.3. The molecular formula is C11H13ClFN3OS. The molecule has 4 nitrogen and oxygen atoms in total. The standard InChI is InChI=1S/C11H13ClFN3OS/c1-6(18(2)17)5-16-10-4-8(13)7(12)3-9(10)15-11(16)14/h3-4,6H,5H2,1-2H3,(H2,14,15). The number of hydrogen-bond donors (Lipinski definition) is 1. The second-order valence-electron chi connectivity index (χ2n) is 4.14. The zero-order chi connectivity index (χ0) is 13.4. The van der Waals surface area contributed by atoms with Gasteiger partial charge in [-0.05, 0) is 13.0 Å². The van der Waals surface area contributed by atoms with Crippen LogP contribution in [0.3, 0.4) is 0 Å². The van der Waals surface area contributed by atoms with E-state index in [1.54, 1.807) is 10.8 Å². The molecule has 0 fully saturated rings. The highest BCUT2D eigenvalue weighted by atomic mass is 35.5. The van der Waals surface area contributed by atoms with Crippen LogP contribution in [0.15, 0.2) is 12.1 Å². The molecule has 2 rings (SSSR count). The summed E-state index contributed by atoms with van der Waals surface area (Å²) < 4.78 is 26.5. The average molecular weight is 290 g/mol. The molecule has 0 saturated carbocycles. The fraction of sp³-hybridized carbons (Fsp3) is 0.364. The second kappa shape index (κ2) is 4.85. The van der Waals surface area contributed by atoms with Crippen molar-refractivity contribution in [3.8, 4) is 0 Å². The lowest BCUT2D eigenvalue weighted by molar-refractivity contribution is 0.627. The quantitative estimate of drug-likeness (QED) is 0.942. The summed E-state index contributed by atoms with van der Waals surface area (Å²) >= 11 is 5.69. The van der Waals surface area contributed by atoms with Crippen molar-refractivity contribution < 1.29 is 8.60 Å². The Hall–Kier alpha value is -1.14. The molecule has 0 saturated heterocycles. The molecule has 1 aromatic heterocycles. The van der Waals surface area contributed by atoms with Crippen molar-refractivity contribution in [1.29, 1.82) is 0 Å². The van der Waals surface area contributed by atoms with Gasteiger partial charge >= 0.3 is 0 Å². The molecule has 0 bridgehead atoms. The molecule has 2 unspecified atom stereocenters. The Morgan fingerprint density at radius 3 is 2.89 bits per heavy atom. The molecule has 0 radical (unpaired) electrons. The first-order valence-corrected chi connectivity index (χ1v) is 7.33. The van der Waals surface area contributed by atoms with E-state index < -0.39 is 16.6 Å². The van der Waals surface area contributed by atoms with Gasteiger partial charge in [0.05, 0.1) is 16.1 Å². The average Bonchev–Trinajstić information content (AvgIpc) is 2.56. The number of aromatic nitrogens is 2. The zero-order valence-electron chi connectivity index (χ0n) is 9.98. The van der Waals surface area contributed by atoms with Gasteiger partial charge in [0.25, 0.3) is 0 Å². The van der Waals surface area contributed by atoms with Crippen LogP contribution in [-0.4, -0.2) is 25.3 Å². The highest BCUT2D eigenvalue weighted by Gasteiger charge is 2.15. The molecule has 2 N–H and O–H groups in total. The molecule has 0 aliphatic heterocycles. The Morgan fingerprint density at radius 1 is 1.61 bits per heavy atom. The minimum atomic E-state index is -0.980. The molecule has 0 aliphatic rings. The molecule has 18 heavy (non-hydrogen) atoms. The summed E-state index contributed by atoms with van der Waals surface area (Å²) in [4.78, 5) is 4.12. The lowest BCUT2D eigenvalue weighted by atomic mass is 10.3. The number of halogens is 2. The molecule has 2 atom stereocenters. The van der Waals surface area contributed by atoms with E-state index in [2.05, 4.69) is 4.98 Å². The minimum absolute atomic E-state index is 0.0132. The van der Waals surface area contributed by atoms with Crippen LogP contribution in [0, 0.1) is 5.82 Å². The molecular weight excluding hydrogens is 277 g/mol. The van der Waals surface area contributed by atoms with Gasteiger partial charge < -0.3 is 10.3 Å². The van der Waals surface area contributed by atoms with E-state index >= 15 is 0 Å². The summed E-state index contributed by atoms with van der Waals surface area (Å²) in [5, 5.41) is -0.0808. The summed E-state index contributed by atoms with van der Waals surface area (Å²) in [6.45, 7) is 2.26. The number of rotatable bonds is 3. The van der Waals surface area contributed by atoms with Gasteiger partial charge in [0, 0.05) is 34.9 Å². The molecule has 98 valence electrons. The van der Waals surface area contributed by atoms with Gasteiger partial charge in [0.1, 0.15) is 5.82 Å². The predicted molar refractivity (Wildman–Crippen MR) is 72.6 cm³/mol. The van der Waals surface area contributed by atoms with E-state index in [4.69, 9.17) is 17.3 Å². The van der Waals surface area contributed by atoms with Crippen molar-refractivity contribution in [3.63, 3.8) is 0 Å². The number of nitrogens with two attached hydrogens (primary N) is 1. The van der Waals surface area contributed by atoms with Crippen LogP contribution >= 0.6 is 11.6 Å². The lowest BCUT2D eigenvalue weighted by Crippen LogP contribution is -2.18. The predicted octanol–water partition coefficient (Wildman–Crippen LogP) is 2.18. The Balaban J connectivity index is 2.53. The number of nitrogen functional groups attached to an aromatic ring is 1. The Kier molecular flexibility index (Phi) is 3.59. The van der Waals surface area contributed by atoms with Crippen molar-refractivity contribution in [2.75, 3.05) is 12.0 Å². The number of fused-ring (bicyclic) bond motifs is 1. The van der Waals surface area contributed by atoms with E-state index in [9.17, 15) is 8.60 Å². The summed E-state index contributed by atoms with van der Waals surface area (Å²) in [5.41, 5.74) is 6.89. The van der Waals surface area contributed by atoms with Crippen LogP contribution in [-0.2, 0) is 17.3 Å². The third kappa shape index (κ3) is 2.35. The number of nitrogens with zero attached hydrogens (tertiary/aromatic N) is 2. The largest absolute Gasteiger partial charge is 0.369 e. The van der Waals surface area contributed by atoms with E-state index in [1.165, 1.54) is 12.1 Å². The molecule has 0 aliphatic carbocycles. The normalized spacial score (nSPS) is 14.9. The van der Waals surface area contributed by atoms with E-state index in [-0.39, 0.29) is 16.2 Å². The number of hydrogen-bond acceptors (Lipinski definition) is 3. The van der Waals surface area contributed by atoms with Crippen LogP contribution in [0.2, 0.25) is 5.02 Å². The third-order valence-corrected chi connectivity index (χ3v) is 4.40. The molecule has 1 heterocycles. The van der Waals surface area contributed by atoms with Crippen LogP contribution < -0.4 is 5.73 Å². The zero-order valence-corrected chi connectivity index (χ0v) is 11.6. The Bertz CT molecular complexity index is 628. The molecule has 2 aromatic rings. The van der Waals surface area contributed by atoms with Crippen molar-refractivity contribution >= 4 is 39.4 Å². The summed E-state index contributed by atoms with van der Waals surface area (Å²) in [5.74, 6) is -0.250. The van der Waals surface area contributed by atoms with Gasteiger partial charge in [-0.1, -0.05) is 11.6 Å². The number of imidazole rings is 1. The van der Waals surface area contributed by atoms with Crippen molar-refractivity contribution in [3.05, 3.63) is 23.0 Å². The molecule has 0 amide bonds. The van der Waals surface area contributed by atoms with Gasteiger partial charge in [-0.25, -0.2) is 9.37 Å². The fourth-order valence-electron chi connectivity index (χ4n) is 1.69. The fourth-order valence-corrected chi connectivity index (χ4v) is 2.21. The van der Waals surface area contributed by atoms with E-state index in [0.29, 0.717) is 17.6 Å². The Labute approximate surface area is 111 Å². The maximum absolute atomic E-state index is 13.5. The van der Waals surface area contributed by atoms with Crippen molar-refractivity contribution in [1.82, 2.24) is 9.55 Å². The first-order valence-electron chi connectivity index (χ1n) is 5.33. The van der Waals surface area contributed by atoms with Gasteiger partial charge in [0.15, 0.2) is 0 Å². The van der Waals surface area contributed by atoms with Crippen molar-refractivity contribution in [2.45, 2.75) is 18.7 Å². The highest BCUT2D eigenvalue weighted by Crippen LogP contribution is 2.25. The molecule has 7 heteroatoms. The van der Waals surface area contributed by atoms with Crippen molar-refractivity contribution in [2.24, 2.45) is 0 Å². The van der Waals surface area contributed by atoms with Crippen LogP contribution in [0.5, 0.6) is 0 Å². The topological polar surface area (TPSA) is 60.9 Å². The maximum atomic E-state index is 13.5. The van der Waals surface area contributed by atoms with E-state index in [1.807, 2.05) is 6.92 Å². The maximum Gasteiger partial charge on any atom is 0.201 e. The molecule has 1 aromatic carbocycles. The van der Waals surface area contributed by atoms with Crippen LogP contribution in [0.25, 0.3) is 11.0 Å². The Morgan fingerprint density at radius 2 is 2.28 bits per heavy atom. The van der Waals surface area contributed by atoms with E-state index in [0.717, 1.165) is 0 Å². The first-order chi connectivity index (χ1) is 8.40. The molecule has 0 spiro atoms. The summed E-state index contributed by atoms with van der Waals surface area (Å²) in [6, 6.07) is 2.74. The van der Waals surface area contributed by atoms with Gasteiger partial charge in [-0.2, -0.15) is 0 Å². The monoisotopic (exact) mass is 289 g/mol. The van der Waals surface area contributed by atoms with Gasteiger partial charge in [-0.15, -0.1) is 0 Å². The van der Waals surface area contributed by atoms with Crippen LogP contribution in [0.4, 0.5) is 10.3 Å². The lowest BCUT2D eigenvalue weighted by Gasteiger charge is -2.11. The third-order valence-electron chi connectivity index (χ3n) is 2.83. The second-order valence-corrected chi connectivity index (χ2v) is 6.35. The highest BCUT2D eigenvalue weighted by molar-refractivity contribution is 7.84. The minimum Gasteiger partial charge on any atom is -0.369 e.